The molecule has 12 heavy (non-hydrogen) atoms. The normalized spacial score (nSPS) is 66.0. The summed E-state index contributed by atoms with van der Waals surface area (Å²) in [6.07, 6.45) is 11.3. The Balaban J connectivity index is 1.79. The summed E-state index contributed by atoms with van der Waals surface area (Å²) in [5.74, 6) is 4.82. The molecule has 5 aliphatic carbocycles. The second-order valence-corrected chi connectivity index (χ2v) is 5.88. The van der Waals surface area contributed by atoms with E-state index in [1.54, 1.807) is 44.9 Å². The lowest BCUT2D eigenvalue weighted by molar-refractivity contribution is -0.222. The highest BCUT2D eigenvalue weighted by molar-refractivity contribution is 5.17. The number of hydrogen-bond acceptors (Lipinski definition) is 0. The van der Waals surface area contributed by atoms with Crippen LogP contribution in [0.1, 0.15) is 44.9 Å². The molecule has 66 valence electrons. The van der Waals surface area contributed by atoms with E-state index < -0.39 is 0 Å². The molecule has 0 aliphatic heterocycles. The van der Waals surface area contributed by atoms with Crippen LogP contribution in [-0.2, 0) is 0 Å². The van der Waals surface area contributed by atoms with Crippen LogP contribution in [0, 0.1) is 29.1 Å². The largest absolute Gasteiger partial charge is 0.0527 e. The zero-order valence-electron chi connectivity index (χ0n) is 7.76. The average Bonchev–Trinajstić information content (AvgIpc) is 2.20. The Morgan fingerprint density at radius 1 is 0.750 bits per heavy atom. The fourth-order valence-electron chi connectivity index (χ4n) is 5.49. The number of fused-ring (bicyclic) bond motifs is 3. The maximum atomic E-state index is 1.65. The minimum atomic E-state index is 0.962. The van der Waals surface area contributed by atoms with Crippen molar-refractivity contribution in [2.45, 2.75) is 44.9 Å². The third kappa shape index (κ3) is 0.482. The number of hydrogen-bond donors (Lipinski definition) is 0. The van der Waals surface area contributed by atoms with Crippen molar-refractivity contribution in [3.8, 4) is 0 Å². The Morgan fingerprint density at radius 3 is 2.42 bits per heavy atom. The molecule has 0 heterocycles. The Morgan fingerprint density at radius 2 is 1.50 bits per heavy atom. The van der Waals surface area contributed by atoms with Gasteiger partial charge >= 0.3 is 0 Å². The van der Waals surface area contributed by atoms with Gasteiger partial charge in [-0.2, -0.15) is 0 Å². The second-order valence-electron chi connectivity index (χ2n) is 5.88. The van der Waals surface area contributed by atoms with Crippen molar-refractivity contribution in [1.29, 1.82) is 0 Å². The molecular weight excluding hydrogens is 144 g/mol. The van der Waals surface area contributed by atoms with Crippen LogP contribution in [0.25, 0.3) is 0 Å². The zero-order valence-corrected chi connectivity index (χ0v) is 7.76. The lowest BCUT2D eigenvalue weighted by atomic mass is 9.34. The van der Waals surface area contributed by atoms with Gasteiger partial charge in [-0.3, -0.25) is 0 Å². The first-order valence-electron chi connectivity index (χ1n) is 5.90. The molecule has 0 nitrogen and oxygen atoms in total. The summed E-state index contributed by atoms with van der Waals surface area (Å²) in [4.78, 5) is 0. The smallest absolute Gasteiger partial charge is 0.0230 e. The molecule has 5 unspecified atom stereocenters. The Bertz CT molecular complexity index is 228. The van der Waals surface area contributed by atoms with E-state index in [0.29, 0.717) is 0 Å². The van der Waals surface area contributed by atoms with E-state index in [2.05, 4.69) is 0 Å². The highest BCUT2D eigenvalue weighted by atomic mass is 14.7. The lowest BCUT2D eigenvalue weighted by Crippen LogP contribution is -2.63. The molecule has 0 aromatic carbocycles. The topological polar surface area (TPSA) is 0 Å². The third-order valence-corrected chi connectivity index (χ3v) is 5.84. The van der Waals surface area contributed by atoms with E-state index in [4.69, 9.17) is 0 Å². The van der Waals surface area contributed by atoms with Crippen LogP contribution in [0.4, 0.5) is 0 Å². The average molecular weight is 162 g/mol. The van der Waals surface area contributed by atoms with Gasteiger partial charge in [0, 0.05) is 0 Å². The summed E-state index contributed by atoms with van der Waals surface area (Å²) in [5.41, 5.74) is 0.962. The zero-order chi connectivity index (χ0) is 7.76. The van der Waals surface area contributed by atoms with Gasteiger partial charge in [0.15, 0.2) is 0 Å². The standard InChI is InChI=1S/C12H18/c1-2-8-6-12-7-9(10(12)3-1)4-5-11(8)12/h8-11H,1-7H2. The van der Waals surface area contributed by atoms with E-state index in [1.165, 1.54) is 23.7 Å². The quantitative estimate of drug-likeness (QED) is 0.513. The maximum absolute atomic E-state index is 1.65. The van der Waals surface area contributed by atoms with Gasteiger partial charge in [0.2, 0.25) is 0 Å². The van der Waals surface area contributed by atoms with Gasteiger partial charge in [-0.25, -0.2) is 0 Å². The van der Waals surface area contributed by atoms with Gasteiger partial charge in [0.05, 0.1) is 0 Å². The van der Waals surface area contributed by atoms with Crippen LogP contribution < -0.4 is 0 Å². The molecule has 5 fully saturated rings. The molecule has 0 N–H and O–H groups in total. The van der Waals surface area contributed by atoms with Crippen LogP contribution in [0.5, 0.6) is 0 Å². The predicted octanol–water partition coefficient (Wildman–Crippen LogP) is 3.22. The van der Waals surface area contributed by atoms with Gasteiger partial charge in [-0.05, 0) is 61.2 Å². The minimum absolute atomic E-state index is 0.962. The summed E-state index contributed by atoms with van der Waals surface area (Å²) < 4.78 is 0. The SMILES string of the molecule is C1CC2CC34CC(CCC23)C4C1. The molecule has 0 radical (unpaired) electrons. The molecule has 0 saturated heterocycles. The lowest BCUT2D eigenvalue weighted by Gasteiger charge is -2.71. The van der Waals surface area contributed by atoms with Gasteiger partial charge in [0.1, 0.15) is 0 Å². The summed E-state index contributed by atoms with van der Waals surface area (Å²) in [6.45, 7) is 0. The molecule has 5 aliphatic rings. The molecule has 0 heteroatoms. The van der Waals surface area contributed by atoms with Crippen molar-refractivity contribution in [2.24, 2.45) is 29.1 Å². The first-order chi connectivity index (χ1) is 5.90. The highest BCUT2D eigenvalue weighted by Crippen LogP contribution is 2.76. The summed E-state index contributed by atoms with van der Waals surface area (Å²) in [7, 11) is 0. The molecule has 0 aromatic rings. The van der Waals surface area contributed by atoms with Crippen molar-refractivity contribution in [3.05, 3.63) is 0 Å². The Hall–Kier alpha value is 0. The first-order valence-corrected chi connectivity index (χ1v) is 5.90. The molecule has 0 amide bonds. The molecule has 5 rings (SSSR count). The van der Waals surface area contributed by atoms with Crippen LogP contribution in [-0.4, -0.2) is 0 Å². The van der Waals surface area contributed by atoms with Gasteiger partial charge in [-0.15, -0.1) is 0 Å². The molecule has 3 bridgehead atoms. The highest BCUT2D eigenvalue weighted by Gasteiger charge is 2.68. The molecule has 0 aromatic heterocycles. The van der Waals surface area contributed by atoms with Gasteiger partial charge < -0.3 is 0 Å². The Labute approximate surface area is 74.7 Å². The molecule has 5 saturated carbocycles. The van der Waals surface area contributed by atoms with E-state index >= 15 is 0 Å². The van der Waals surface area contributed by atoms with E-state index in [1.807, 2.05) is 0 Å². The van der Waals surface area contributed by atoms with Crippen LogP contribution in [0.15, 0.2) is 0 Å². The summed E-state index contributed by atoms with van der Waals surface area (Å²) in [5, 5.41) is 0. The van der Waals surface area contributed by atoms with Crippen molar-refractivity contribution < 1.29 is 0 Å². The van der Waals surface area contributed by atoms with Crippen LogP contribution >= 0.6 is 0 Å². The van der Waals surface area contributed by atoms with E-state index in [-0.39, 0.29) is 0 Å². The van der Waals surface area contributed by atoms with Crippen molar-refractivity contribution in [3.63, 3.8) is 0 Å². The van der Waals surface area contributed by atoms with E-state index in [0.717, 1.165) is 5.41 Å². The second kappa shape index (κ2) is 1.76. The minimum Gasteiger partial charge on any atom is -0.0527 e. The van der Waals surface area contributed by atoms with Gasteiger partial charge in [-0.1, -0.05) is 12.8 Å². The van der Waals surface area contributed by atoms with Crippen molar-refractivity contribution >= 4 is 0 Å². The van der Waals surface area contributed by atoms with Crippen LogP contribution in [0.3, 0.4) is 0 Å². The monoisotopic (exact) mass is 162 g/mol. The van der Waals surface area contributed by atoms with Crippen LogP contribution in [0.2, 0.25) is 0 Å². The van der Waals surface area contributed by atoms with E-state index in [9.17, 15) is 0 Å². The Kier molecular flexibility index (Phi) is 0.946. The maximum Gasteiger partial charge on any atom is -0.0230 e. The van der Waals surface area contributed by atoms with Gasteiger partial charge in [0.25, 0.3) is 0 Å². The third-order valence-electron chi connectivity index (χ3n) is 5.84. The fraction of sp³-hybridized carbons (Fsp3) is 1.00. The summed E-state index contributed by atoms with van der Waals surface area (Å²) in [6, 6.07) is 0. The molecule has 5 atom stereocenters. The molecule has 1 spiro atoms. The fourth-order valence-corrected chi connectivity index (χ4v) is 5.49. The van der Waals surface area contributed by atoms with Crippen molar-refractivity contribution in [2.75, 3.05) is 0 Å². The predicted molar refractivity (Wildman–Crippen MR) is 48.7 cm³/mol. The summed E-state index contributed by atoms with van der Waals surface area (Å²) >= 11 is 0. The number of rotatable bonds is 0. The van der Waals surface area contributed by atoms with Crippen molar-refractivity contribution in [1.82, 2.24) is 0 Å². The molecular formula is C12H18. The first kappa shape index (κ1) is 6.45.